The Kier molecular flexibility index (Phi) is 3.70. The van der Waals surface area contributed by atoms with E-state index in [0.29, 0.717) is 0 Å². The molecule has 0 radical (unpaired) electrons. The summed E-state index contributed by atoms with van der Waals surface area (Å²) in [5.41, 5.74) is 1.62. The Bertz CT molecular complexity index is 317. The van der Waals surface area contributed by atoms with E-state index in [4.69, 9.17) is 16.3 Å². The van der Waals surface area contributed by atoms with Crippen molar-refractivity contribution in [1.29, 1.82) is 0 Å². The van der Waals surface area contributed by atoms with Crippen LogP contribution >= 0.6 is 27.5 Å². The van der Waals surface area contributed by atoms with Gasteiger partial charge in [-0.25, -0.2) is 0 Å². The third kappa shape index (κ3) is 2.74. The molecule has 1 aromatic carbocycles. The highest BCUT2D eigenvalue weighted by Gasteiger charge is 2.33. The largest absolute Gasteiger partial charge is 0.381 e. The first kappa shape index (κ1) is 11.4. The number of benzene rings is 1. The van der Waals surface area contributed by atoms with Crippen molar-refractivity contribution >= 4 is 27.5 Å². The molecule has 82 valence electrons. The Morgan fingerprint density at radius 2 is 2.07 bits per heavy atom. The summed E-state index contributed by atoms with van der Waals surface area (Å²) in [6.45, 7) is 1.75. The molecule has 15 heavy (non-hydrogen) atoms. The zero-order chi connectivity index (χ0) is 10.7. The molecule has 1 unspecified atom stereocenters. The highest BCUT2D eigenvalue weighted by molar-refractivity contribution is 9.09. The highest BCUT2D eigenvalue weighted by atomic mass is 79.9. The van der Waals surface area contributed by atoms with Crippen LogP contribution in [-0.2, 0) is 11.2 Å². The van der Waals surface area contributed by atoms with Crippen LogP contribution < -0.4 is 0 Å². The van der Waals surface area contributed by atoms with E-state index in [2.05, 4.69) is 28.1 Å². The molecule has 0 saturated carbocycles. The standard InChI is InChI=1S/C12H14BrClO/c13-8-12(5-6-15-9-12)7-10-1-3-11(14)4-2-10/h1-4H,5-9H2. The van der Waals surface area contributed by atoms with Gasteiger partial charge in [-0.05, 0) is 30.5 Å². The van der Waals surface area contributed by atoms with Crippen LogP contribution in [0.25, 0.3) is 0 Å². The van der Waals surface area contributed by atoms with E-state index in [-0.39, 0.29) is 5.41 Å². The summed E-state index contributed by atoms with van der Waals surface area (Å²) in [6.07, 6.45) is 2.20. The van der Waals surface area contributed by atoms with Crippen LogP contribution in [0, 0.1) is 5.41 Å². The Morgan fingerprint density at radius 1 is 1.33 bits per heavy atom. The molecule has 1 nitrogen and oxygen atoms in total. The topological polar surface area (TPSA) is 9.23 Å². The van der Waals surface area contributed by atoms with Gasteiger partial charge in [0.15, 0.2) is 0 Å². The van der Waals surface area contributed by atoms with Gasteiger partial charge in [0.05, 0.1) is 6.61 Å². The maximum Gasteiger partial charge on any atom is 0.0534 e. The van der Waals surface area contributed by atoms with Gasteiger partial charge in [-0.15, -0.1) is 0 Å². The van der Waals surface area contributed by atoms with E-state index in [1.54, 1.807) is 0 Å². The second-order valence-corrected chi connectivity index (χ2v) is 5.24. The molecule has 3 heteroatoms. The lowest BCUT2D eigenvalue weighted by Crippen LogP contribution is -2.25. The van der Waals surface area contributed by atoms with Gasteiger partial charge in [0.25, 0.3) is 0 Å². The van der Waals surface area contributed by atoms with Crippen LogP contribution in [0.2, 0.25) is 5.02 Å². The van der Waals surface area contributed by atoms with E-state index in [9.17, 15) is 0 Å². The molecule has 0 spiro atoms. The van der Waals surface area contributed by atoms with Gasteiger partial charge < -0.3 is 4.74 Å². The molecule has 1 aliphatic heterocycles. The van der Waals surface area contributed by atoms with Crippen molar-refractivity contribution in [2.75, 3.05) is 18.5 Å². The lowest BCUT2D eigenvalue weighted by Gasteiger charge is -2.24. The van der Waals surface area contributed by atoms with Crippen molar-refractivity contribution in [3.05, 3.63) is 34.9 Å². The first-order valence-corrected chi connectivity index (χ1v) is 6.62. The van der Waals surface area contributed by atoms with Crippen molar-refractivity contribution in [2.24, 2.45) is 5.41 Å². The minimum Gasteiger partial charge on any atom is -0.381 e. The summed E-state index contributed by atoms with van der Waals surface area (Å²) in [5.74, 6) is 0. The summed E-state index contributed by atoms with van der Waals surface area (Å²) >= 11 is 9.46. The number of alkyl halides is 1. The predicted octanol–water partition coefficient (Wildman–Crippen LogP) is 3.68. The molecule has 1 aliphatic rings. The average molecular weight is 290 g/mol. The molecular formula is C12H14BrClO. The number of hydrogen-bond acceptors (Lipinski definition) is 1. The maximum absolute atomic E-state index is 5.86. The number of halogens is 2. The van der Waals surface area contributed by atoms with Gasteiger partial charge in [-0.1, -0.05) is 39.7 Å². The predicted molar refractivity (Wildman–Crippen MR) is 66.8 cm³/mol. The Hall–Kier alpha value is -0.0500. The van der Waals surface area contributed by atoms with Gasteiger partial charge in [0.2, 0.25) is 0 Å². The summed E-state index contributed by atoms with van der Waals surface area (Å²) < 4.78 is 5.49. The SMILES string of the molecule is Clc1ccc(CC2(CBr)CCOC2)cc1. The molecule has 0 amide bonds. The number of ether oxygens (including phenoxy) is 1. The fourth-order valence-corrected chi connectivity index (χ4v) is 2.74. The molecule has 0 aromatic heterocycles. The molecular weight excluding hydrogens is 275 g/mol. The summed E-state index contributed by atoms with van der Waals surface area (Å²) in [6, 6.07) is 8.11. The van der Waals surface area contributed by atoms with Crippen LogP contribution in [-0.4, -0.2) is 18.5 Å². The quantitative estimate of drug-likeness (QED) is 0.771. The van der Waals surface area contributed by atoms with E-state index < -0.39 is 0 Å². The molecule has 1 fully saturated rings. The van der Waals surface area contributed by atoms with Gasteiger partial charge in [0.1, 0.15) is 0 Å². The average Bonchev–Trinajstić information content (AvgIpc) is 2.71. The second kappa shape index (κ2) is 4.86. The summed E-state index contributed by atoms with van der Waals surface area (Å²) in [7, 11) is 0. The molecule has 0 N–H and O–H groups in total. The third-order valence-corrected chi connectivity index (χ3v) is 4.40. The van der Waals surface area contributed by atoms with Crippen molar-refractivity contribution in [3.8, 4) is 0 Å². The lowest BCUT2D eigenvalue weighted by atomic mass is 9.83. The van der Waals surface area contributed by atoms with Crippen LogP contribution in [0.5, 0.6) is 0 Å². The molecule has 0 aliphatic carbocycles. The zero-order valence-electron chi connectivity index (χ0n) is 8.51. The molecule has 0 bridgehead atoms. The molecule has 1 heterocycles. The molecule has 2 rings (SSSR count). The van der Waals surface area contributed by atoms with E-state index in [1.165, 1.54) is 5.56 Å². The van der Waals surface area contributed by atoms with Crippen LogP contribution in [0.1, 0.15) is 12.0 Å². The number of rotatable bonds is 3. The van der Waals surface area contributed by atoms with Crippen molar-refractivity contribution < 1.29 is 4.74 Å². The molecule has 1 aromatic rings. The van der Waals surface area contributed by atoms with E-state index in [1.807, 2.05) is 12.1 Å². The van der Waals surface area contributed by atoms with Crippen molar-refractivity contribution in [1.82, 2.24) is 0 Å². The fraction of sp³-hybridized carbons (Fsp3) is 0.500. The van der Waals surface area contributed by atoms with E-state index >= 15 is 0 Å². The summed E-state index contributed by atoms with van der Waals surface area (Å²) in [5, 5.41) is 1.80. The Balaban J connectivity index is 2.09. The number of hydrogen-bond donors (Lipinski definition) is 0. The smallest absolute Gasteiger partial charge is 0.0534 e. The van der Waals surface area contributed by atoms with Crippen molar-refractivity contribution in [2.45, 2.75) is 12.8 Å². The Morgan fingerprint density at radius 3 is 2.60 bits per heavy atom. The highest BCUT2D eigenvalue weighted by Crippen LogP contribution is 2.34. The molecule has 1 saturated heterocycles. The minimum absolute atomic E-state index is 0.286. The van der Waals surface area contributed by atoms with Crippen LogP contribution in [0.4, 0.5) is 0 Å². The van der Waals surface area contributed by atoms with Gasteiger partial charge in [-0.3, -0.25) is 0 Å². The zero-order valence-corrected chi connectivity index (χ0v) is 10.9. The van der Waals surface area contributed by atoms with E-state index in [0.717, 1.165) is 36.4 Å². The van der Waals surface area contributed by atoms with Crippen molar-refractivity contribution in [3.63, 3.8) is 0 Å². The van der Waals surface area contributed by atoms with Crippen LogP contribution in [0.3, 0.4) is 0 Å². The minimum atomic E-state index is 0.286. The first-order chi connectivity index (χ1) is 7.24. The van der Waals surface area contributed by atoms with Gasteiger partial charge in [0, 0.05) is 22.4 Å². The monoisotopic (exact) mass is 288 g/mol. The third-order valence-electron chi connectivity index (χ3n) is 2.96. The maximum atomic E-state index is 5.86. The second-order valence-electron chi connectivity index (χ2n) is 4.24. The van der Waals surface area contributed by atoms with Gasteiger partial charge in [-0.2, -0.15) is 0 Å². The lowest BCUT2D eigenvalue weighted by molar-refractivity contribution is 0.162. The normalized spacial score (nSPS) is 25.7. The Labute approximate surface area is 104 Å². The summed E-state index contributed by atoms with van der Waals surface area (Å²) in [4.78, 5) is 0. The van der Waals surface area contributed by atoms with Gasteiger partial charge >= 0.3 is 0 Å². The molecule has 1 atom stereocenters. The fourth-order valence-electron chi connectivity index (χ4n) is 1.98. The van der Waals surface area contributed by atoms with Crippen LogP contribution in [0.15, 0.2) is 24.3 Å². The first-order valence-electron chi connectivity index (χ1n) is 5.12.